The molecule has 1 atom stereocenters. The van der Waals surface area contributed by atoms with Crippen molar-refractivity contribution in [3.05, 3.63) is 24.0 Å². The third-order valence-corrected chi connectivity index (χ3v) is 3.17. The molecule has 5 nitrogen and oxygen atoms in total. The van der Waals surface area contributed by atoms with Crippen molar-refractivity contribution in [2.45, 2.75) is 13.8 Å². The number of anilines is 1. The third-order valence-electron chi connectivity index (χ3n) is 3.17. The summed E-state index contributed by atoms with van der Waals surface area (Å²) in [5.74, 6) is 0.694. The standard InChI is InChI=1S/C13H18N4O/c1-8(7-14)13(18)16-10-4-5-12-11(6-10)15-9(2)17(12)3/h4-6,8H,7,14H2,1-3H3,(H,16,18). The van der Waals surface area contributed by atoms with E-state index in [-0.39, 0.29) is 11.8 Å². The predicted molar refractivity (Wildman–Crippen MR) is 72.3 cm³/mol. The van der Waals surface area contributed by atoms with E-state index in [2.05, 4.69) is 10.3 Å². The Morgan fingerprint density at radius 1 is 1.56 bits per heavy atom. The van der Waals surface area contributed by atoms with Crippen molar-refractivity contribution in [3.63, 3.8) is 0 Å². The summed E-state index contributed by atoms with van der Waals surface area (Å²) in [5, 5.41) is 2.85. The van der Waals surface area contributed by atoms with E-state index in [1.807, 2.05) is 36.7 Å². The molecular formula is C13H18N4O. The lowest BCUT2D eigenvalue weighted by molar-refractivity contribution is -0.119. The van der Waals surface area contributed by atoms with Gasteiger partial charge in [-0.05, 0) is 25.1 Å². The van der Waals surface area contributed by atoms with Crippen LogP contribution in [0.25, 0.3) is 11.0 Å². The summed E-state index contributed by atoms with van der Waals surface area (Å²) < 4.78 is 2.02. The van der Waals surface area contributed by atoms with E-state index in [0.717, 1.165) is 22.5 Å². The second-order valence-corrected chi connectivity index (χ2v) is 4.55. The molecule has 0 aliphatic rings. The van der Waals surface area contributed by atoms with E-state index < -0.39 is 0 Å². The fourth-order valence-electron chi connectivity index (χ4n) is 1.77. The number of rotatable bonds is 3. The Morgan fingerprint density at radius 3 is 2.94 bits per heavy atom. The van der Waals surface area contributed by atoms with Crippen LogP contribution in [0.2, 0.25) is 0 Å². The summed E-state index contributed by atoms with van der Waals surface area (Å²) in [4.78, 5) is 16.2. The van der Waals surface area contributed by atoms with Gasteiger partial charge in [-0.3, -0.25) is 4.79 Å². The molecule has 0 bridgehead atoms. The maximum absolute atomic E-state index is 11.7. The smallest absolute Gasteiger partial charge is 0.228 e. The van der Waals surface area contributed by atoms with Crippen LogP contribution in [0.4, 0.5) is 5.69 Å². The average molecular weight is 246 g/mol. The molecule has 1 aromatic heterocycles. The zero-order chi connectivity index (χ0) is 13.3. The second kappa shape index (κ2) is 4.78. The van der Waals surface area contributed by atoms with Gasteiger partial charge in [0.1, 0.15) is 5.82 Å². The Balaban J connectivity index is 2.28. The predicted octanol–water partition coefficient (Wildman–Crippen LogP) is 1.42. The summed E-state index contributed by atoms with van der Waals surface area (Å²) in [6.07, 6.45) is 0. The number of fused-ring (bicyclic) bond motifs is 1. The second-order valence-electron chi connectivity index (χ2n) is 4.55. The number of carbonyl (C=O) groups excluding carboxylic acids is 1. The number of aromatic nitrogens is 2. The molecule has 18 heavy (non-hydrogen) atoms. The number of nitrogens with one attached hydrogen (secondary N) is 1. The molecule has 2 aromatic rings. The van der Waals surface area contributed by atoms with Gasteiger partial charge in [0.15, 0.2) is 0 Å². The number of carbonyl (C=O) groups is 1. The number of imidazole rings is 1. The first-order valence-electron chi connectivity index (χ1n) is 5.97. The van der Waals surface area contributed by atoms with Crippen molar-refractivity contribution in [1.82, 2.24) is 9.55 Å². The highest BCUT2D eigenvalue weighted by Crippen LogP contribution is 2.19. The molecule has 3 N–H and O–H groups in total. The van der Waals surface area contributed by atoms with Gasteiger partial charge in [-0.1, -0.05) is 6.92 Å². The monoisotopic (exact) mass is 246 g/mol. The van der Waals surface area contributed by atoms with E-state index in [1.165, 1.54) is 0 Å². The van der Waals surface area contributed by atoms with E-state index in [0.29, 0.717) is 6.54 Å². The highest BCUT2D eigenvalue weighted by molar-refractivity contribution is 5.94. The van der Waals surface area contributed by atoms with Gasteiger partial charge in [-0.25, -0.2) is 4.98 Å². The number of benzene rings is 1. The normalized spacial score (nSPS) is 12.7. The van der Waals surface area contributed by atoms with Crippen LogP contribution in [-0.4, -0.2) is 22.0 Å². The lowest BCUT2D eigenvalue weighted by atomic mass is 10.1. The summed E-state index contributed by atoms with van der Waals surface area (Å²) in [6, 6.07) is 5.71. The van der Waals surface area contributed by atoms with Crippen LogP contribution in [0.3, 0.4) is 0 Å². The zero-order valence-electron chi connectivity index (χ0n) is 10.9. The molecule has 0 radical (unpaired) electrons. The molecule has 5 heteroatoms. The number of hydrogen-bond donors (Lipinski definition) is 2. The van der Waals surface area contributed by atoms with Crippen molar-refractivity contribution in [2.75, 3.05) is 11.9 Å². The van der Waals surface area contributed by atoms with Gasteiger partial charge in [0.25, 0.3) is 0 Å². The molecule has 0 aliphatic heterocycles. The van der Waals surface area contributed by atoms with Gasteiger partial charge >= 0.3 is 0 Å². The minimum atomic E-state index is -0.189. The summed E-state index contributed by atoms with van der Waals surface area (Å²) in [6.45, 7) is 4.10. The van der Waals surface area contributed by atoms with Crippen LogP contribution in [0, 0.1) is 12.8 Å². The maximum atomic E-state index is 11.7. The van der Waals surface area contributed by atoms with Gasteiger partial charge < -0.3 is 15.6 Å². The molecule has 96 valence electrons. The molecule has 1 heterocycles. The molecule has 0 saturated heterocycles. The largest absolute Gasteiger partial charge is 0.331 e. The molecule has 0 spiro atoms. The molecular weight excluding hydrogens is 228 g/mol. The lowest BCUT2D eigenvalue weighted by Crippen LogP contribution is -2.26. The topological polar surface area (TPSA) is 72.9 Å². The molecule has 0 fully saturated rings. The van der Waals surface area contributed by atoms with Crippen LogP contribution >= 0.6 is 0 Å². The number of nitrogens with zero attached hydrogens (tertiary/aromatic N) is 2. The lowest BCUT2D eigenvalue weighted by Gasteiger charge is -2.09. The SMILES string of the molecule is Cc1nc2cc(NC(=O)C(C)CN)ccc2n1C. The van der Waals surface area contributed by atoms with Crippen molar-refractivity contribution in [3.8, 4) is 0 Å². The quantitative estimate of drug-likeness (QED) is 0.860. The first-order valence-corrected chi connectivity index (χ1v) is 5.97. The number of nitrogens with two attached hydrogens (primary N) is 1. The number of hydrogen-bond acceptors (Lipinski definition) is 3. The van der Waals surface area contributed by atoms with Gasteiger partial charge in [-0.2, -0.15) is 0 Å². The van der Waals surface area contributed by atoms with Crippen LogP contribution in [0.5, 0.6) is 0 Å². The minimum absolute atomic E-state index is 0.0653. The van der Waals surface area contributed by atoms with E-state index in [1.54, 1.807) is 6.92 Å². The molecule has 0 saturated carbocycles. The minimum Gasteiger partial charge on any atom is -0.331 e. The van der Waals surface area contributed by atoms with E-state index >= 15 is 0 Å². The molecule has 1 aromatic carbocycles. The van der Waals surface area contributed by atoms with E-state index in [4.69, 9.17) is 5.73 Å². The Morgan fingerprint density at radius 2 is 2.28 bits per heavy atom. The highest BCUT2D eigenvalue weighted by Gasteiger charge is 2.11. The zero-order valence-corrected chi connectivity index (χ0v) is 10.9. The Labute approximate surface area is 106 Å². The van der Waals surface area contributed by atoms with Crippen molar-refractivity contribution in [2.24, 2.45) is 18.7 Å². The fourth-order valence-corrected chi connectivity index (χ4v) is 1.77. The summed E-state index contributed by atoms with van der Waals surface area (Å²) in [5.41, 5.74) is 8.16. The van der Waals surface area contributed by atoms with Crippen LogP contribution in [-0.2, 0) is 11.8 Å². The van der Waals surface area contributed by atoms with Gasteiger partial charge in [0.05, 0.1) is 11.0 Å². The first-order chi connectivity index (χ1) is 8.52. The van der Waals surface area contributed by atoms with Crippen molar-refractivity contribution in [1.29, 1.82) is 0 Å². The van der Waals surface area contributed by atoms with Gasteiger partial charge in [-0.15, -0.1) is 0 Å². The fraction of sp³-hybridized carbons (Fsp3) is 0.385. The Kier molecular flexibility index (Phi) is 3.34. The van der Waals surface area contributed by atoms with Gasteiger partial charge in [0, 0.05) is 25.2 Å². The highest BCUT2D eigenvalue weighted by atomic mass is 16.1. The van der Waals surface area contributed by atoms with Crippen LogP contribution in [0.1, 0.15) is 12.7 Å². The van der Waals surface area contributed by atoms with Crippen LogP contribution < -0.4 is 11.1 Å². The Hall–Kier alpha value is -1.88. The van der Waals surface area contributed by atoms with Crippen molar-refractivity contribution >= 4 is 22.6 Å². The average Bonchev–Trinajstić information content (AvgIpc) is 2.63. The molecule has 1 amide bonds. The maximum Gasteiger partial charge on any atom is 0.228 e. The number of amides is 1. The molecule has 2 rings (SSSR count). The first kappa shape index (κ1) is 12.6. The summed E-state index contributed by atoms with van der Waals surface area (Å²) in [7, 11) is 1.97. The number of aryl methyl sites for hydroxylation is 2. The van der Waals surface area contributed by atoms with Crippen LogP contribution in [0.15, 0.2) is 18.2 Å². The van der Waals surface area contributed by atoms with Gasteiger partial charge in [0.2, 0.25) is 5.91 Å². The Bertz CT molecular complexity index is 588. The summed E-state index contributed by atoms with van der Waals surface area (Å²) >= 11 is 0. The third kappa shape index (κ3) is 2.22. The van der Waals surface area contributed by atoms with Crippen molar-refractivity contribution < 1.29 is 4.79 Å². The molecule has 1 unspecified atom stereocenters. The molecule has 0 aliphatic carbocycles. The van der Waals surface area contributed by atoms with E-state index in [9.17, 15) is 4.79 Å².